The predicted molar refractivity (Wildman–Crippen MR) is 146 cm³/mol. The van der Waals surface area contributed by atoms with Crippen LogP contribution in [0.1, 0.15) is 37.7 Å². The van der Waals surface area contributed by atoms with E-state index in [1.165, 1.54) is 23.0 Å². The van der Waals surface area contributed by atoms with E-state index in [2.05, 4.69) is 11.4 Å². The maximum Gasteiger partial charge on any atom is 0.336 e. The van der Waals surface area contributed by atoms with Gasteiger partial charge in [0.25, 0.3) is 5.56 Å². The summed E-state index contributed by atoms with van der Waals surface area (Å²) >= 11 is 0. The Kier molecular flexibility index (Phi) is 6.74. The first-order chi connectivity index (χ1) is 17.9. The second-order valence-corrected chi connectivity index (χ2v) is 9.70. The van der Waals surface area contributed by atoms with Gasteiger partial charge in [-0.2, -0.15) is 0 Å². The van der Waals surface area contributed by atoms with E-state index in [4.69, 9.17) is 4.74 Å². The van der Waals surface area contributed by atoms with Crippen LogP contribution in [-0.4, -0.2) is 33.3 Å². The zero-order chi connectivity index (χ0) is 26.1. The van der Waals surface area contributed by atoms with Gasteiger partial charge in [0, 0.05) is 19.0 Å². The van der Waals surface area contributed by atoms with Gasteiger partial charge in [0.15, 0.2) is 0 Å². The van der Waals surface area contributed by atoms with E-state index in [0.29, 0.717) is 34.4 Å². The molecule has 37 heavy (non-hydrogen) atoms. The average Bonchev–Trinajstić information content (AvgIpc) is 3.19. The van der Waals surface area contributed by atoms with Gasteiger partial charge in [-0.3, -0.25) is 14.2 Å². The summed E-state index contributed by atoms with van der Waals surface area (Å²) in [6.07, 6.45) is 7.67. The van der Waals surface area contributed by atoms with Gasteiger partial charge < -0.3 is 14.6 Å². The summed E-state index contributed by atoms with van der Waals surface area (Å²) in [5.74, 6) is 0.334. The largest absolute Gasteiger partial charge is 0.497 e. The molecule has 0 bridgehead atoms. The molecule has 0 saturated heterocycles. The Labute approximate surface area is 214 Å². The Hall–Kier alpha value is -4.07. The van der Waals surface area contributed by atoms with Crippen LogP contribution in [0.5, 0.6) is 5.75 Å². The first-order valence-corrected chi connectivity index (χ1v) is 12.7. The Balaban J connectivity index is 1.64. The van der Waals surface area contributed by atoms with Crippen molar-refractivity contribution in [3.63, 3.8) is 0 Å². The molecule has 8 heteroatoms. The van der Waals surface area contributed by atoms with Gasteiger partial charge in [0.1, 0.15) is 17.8 Å². The van der Waals surface area contributed by atoms with Crippen molar-refractivity contribution in [3.8, 4) is 11.4 Å². The van der Waals surface area contributed by atoms with Gasteiger partial charge in [-0.1, -0.05) is 23.8 Å². The minimum atomic E-state index is -0.552. The number of allylic oxidation sites excluding steroid dienone is 1. The van der Waals surface area contributed by atoms with Crippen LogP contribution in [-0.2, 0) is 18.4 Å². The molecule has 4 aromatic rings. The van der Waals surface area contributed by atoms with Crippen LogP contribution < -0.4 is 21.3 Å². The van der Waals surface area contributed by atoms with E-state index < -0.39 is 11.2 Å². The van der Waals surface area contributed by atoms with E-state index in [-0.39, 0.29) is 12.5 Å². The molecule has 0 saturated carbocycles. The van der Waals surface area contributed by atoms with Crippen molar-refractivity contribution < 1.29 is 9.53 Å². The van der Waals surface area contributed by atoms with Crippen molar-refractivity contribution in [1.82, 2.24) is 19.0 Å². The van der Waals surface area contributed by atoms with Crippen LogP contribution in [0.3, 0.4) is 0 Å². The normalized spacial score (nSPS) is 13.6. The molecule has 2 heterocycles. The lowest BCUT2D eigenvalue weighted by atomic mass is 9.97. The molecule has 0 aliphatic heterocycles. The van der Waals surface area contributed by atoms with Crippen molar-refractivity contribution in [1.29, 1.82) is 0 Å². The number of rotatable bonds is 7. The second kappa shape index (κ2) is 10.1. The lowest BCUT2D eigenvalue weighted by Gasteiger charge is -2.15. The number of hydrogen-bond acceptors (Lipinski definition) is 4. The number of nitrogens with zero attached hydrogens (tertiary/aromatic N) is 3. The molecule has 192 valence electrons. The molecular formula is C29H32N4O4. The molecular weight excluding hydrogens is 468 g/mol. The number of carbonyl (C=O) groups is 1. The Bertz CT molecular complexity index is 1650. The van der Waals surface area contributed by atoms with Gasteiger partial charge in [0.2, 0.25) is 5.91 Å². The van der Waals surface area contributed by atoms with Crippen LogP contribution in [0.4, 0.5) is 0 Å². The number of ether oxygens (including phenoxy) is 1. The lowest BCUT2D eigenvalue weighted by molar-refractivity contribution is -0.121. The predicted octanol–water partition coefficient (Wildman–Crippen LogP) is 3.97. The Morgan fingerprint density at radius 1 is 1.08 bits per heavy atom. The van der Waals surface area contributed by atoms with Crippen LogP contribution in [0.15, 0.2) is 63.7 Å². The number of fused-ring (bicyclic) bond motifs is 3. The number of methoxy groups -OCH3 is 1. The summed E-state index contributed by atoms with van der Waals surface area (Å²) in [7, 11) is 3.37. The molecule has 5 rings (SSSR count). The molecule has 2 aromatic carbocycles. The maximum atomic E-state index is 13.9. The molecule has 1 N–H and O–H groups in total. The lowest BCUT2D eigenvalue weighted by Crippen LogP contribution is -2.42. The van der Waals surface area contributed by atoms with Gasteiger partial charge in [-0.25, -0.2) is 9.36 Å². The number of nitrogens with one attached hydrogen (secondary N) is 1. The highest BCUT2D eigenvalue weighted by Crippen LogP contribution is 2.29. The number of aromatic nitrogens is 3. The minimum absolute atomic E-state index is 0.198. The highest BCUT2D eigenvalue weighted by atomic mass is 16.5. The van der Waals surface area contributed by atoms with E-state index >= 15 is 0 Å². The fourth-order valence-electron chi connectivity index (χ4n) is 5.29. The van der Waals surface area contributed by atoms with Gasteiger partial charge in [-0.05, 0) is 74.9 Å². The van der Waals surface area contributed by atoms with Gasteiger partial charge >= 0.3 is 5.69 Å². The van der Waals surface area contributed by atoms with E-state index in [1.807, 2.05) is 31.2 Å². The zero-order valence-corrected chi connectivity index (χ0v) is 21.5. The maximum absolute atomic E-state index is 13.9. The Morgan fingerprint density at radius 3 is 2.65 bits per heavy atom. The van der Waals surface area contributed by atoms with Gasteiger partial charge in [0.05, 0.1) is 23.8 Å². The topological polar surface area (TPSA) is 87.3 Å². The number of hydrogen-bond donors (Lipinski definition) is 1. The number of amides is 1. The average molecular weight is 501 g/mol. The molecule has 1 aliphatic rings. The molecule has 0 spiro atoms. The van der Waals surface area contributed by atoms with Crippen LogP contribution in [0.25, 0.3) is 27.6 Å². The smallest absolute Gasteiger partial charge is 0.336 e. The summed E-state index contributed by atoms with van der Waals surface area (Å²) < 4.78 is 9.77. The van der Waals surface area contributed by atoms with Crippen LogP contribution in [0, 0.1) is 6.92 Å². The summed E-state index contributed by atoms with van der Waals surface area (Å²) in [6, 6.07) is 12.7. The molecule has 0 unspecified atom stereocenters. The zero-order valence-electron chi connectivity index (χ0n) is 21.5. The third kappa shape index (κ3) is 4.59. The monoisotopic (exact) mass is 500 g/mol. The third-order valence-corrected chi connectivity index (χ3v) is 7.19. The fraction of sp³-hybridized carbons (Fsp3) is 0.345. The SMILES string of the molecule is COc1ccc2c(c1)c1c(c(=O)n(-c3cccc(C)c3)c(=O)n1CC(=O)NCCC1=CCCCC1)n2C. The number of carbonyl (C=O) groups excluding carboxylic acids is 1. The summed E-state index contributed by atoms with van der Waals surface area (Å²) in [5.41, 5.74) is 3.34. The molecule has 0 atom stereocenters. The van der Waals surface area contributed by atoms with E-state index in [1.54, 1.807) is 36.9 Å². The van der Waals surface area contributed by atoms with Crippen molar-refractivity contribution in [2.75, 3.05) is 13.7 Å². The molecule has 8 nitrogen and oxygen atoms in total. The third-order valence-electron chi connectivity index (χ3n) is 7.19. The van der Waals surface area contributed by atoms with Crippen molar-refractivity contribution in [3.05, 3.63) is 80.5 Å². The number of aryl methyl sites for hydroxylation is 2. The summed E-state index contributed by atoms with van der Waals surface area (Å²) in [6.45, 7) is 2.23. The van der Waals surface area contributed by atoms with Crippen molar-refractivity contribution in [2.24, 2.45) is 7.05 Å². The van der Waals surface area contributed by atoms with Crippen molar-refractivity contribution >= 4 is 27.8 Å². The molecule has 1 aliphatic carbocycles. The quantitative estimate of drug-likeness (QED) is 0.389. The van der Waals surface area contributed by atoms with E-state index in [9.17, 15) is 14.4 Å². The van der Waals surface area contributed by atoms with Crippen molar-refractivity contribution in [2.45, 2.75) is 45.6 Å². The standard InChI is InChI=1S/C29H32N4O4/c1-19-8-7-11-21(16-19)33-28(35)27-26(23-17-22(37-3)12-13-24(23)31(27)2)32(29(33)36)18-25(34)30-15-14-20-9-5-4-6-10-20/h7-9,11-13,16-17H,4-6,10,14-15,18H2,1-3H3,(H,30,34). The molecule has 0 radical (unpaired) electrons. The summed E-state index contributed by atoms with van der Waals surface area (Å²) in [4.78, 5) is 40.8. The molecule has 0 fully saturated rings. The number of benzene rings is 2. The second-order valence-electron chi connectivity index (χ2n) is 9.70. The van der Waals surface area contributed by atoms with Gasteiger partial charge in [-0.15, -0.1) is 0 Å². The van der Waals surface area contributed by atoms with Crippen LogP contribution >= 0.6 is 0 Å². The van der Waals surface area contributed by atoms with E-state index in [0.717, 1.165) is 34.9 Å². The first-order valence-electron chi connectivity index (χ1n) is 12.7. The first kappa shape index (κ1) is 24.6. The highest BCUT2D eigenvalue weighted by Gasteiger charge is 2.23. The molecule has 1 amide bonds. The van der Waals surface area contributed by atoms with Crippen LogP contribution in [0.2, 0.25) is 0 Å². The highest BCUT2D eigenvalue weighted by molar-refractivity contribution is 6.06. The fourth-order valence-corrected chi connectivity index (χ4v) is 5.29. The Morgan fingerprint density at radius 2 is 1.92 bits per heavy atom. The minimum Gasteiger partial charge on any atom is -0.497 e. The molecule has 2 aromatic heterocycles. The summed E-state index contributed by atoms with van der Waals surface area (Å²) in [5, 5.41) is 3.66.